The van der Waals surface area contributed by atoms with Gasteiger partial charge in [-0.15, -0.1) is 0 Å². The number of hydrogen-bond acceptors (Lipinski definition) is 6. The van der Waals surface area contributed by atoms with Crippen LogP contribution in [0.3, 0.4) is 0 Å². The van der Waals surface area contributed by atoms with Gasteiger partial charge in [0.2, 0.25) is 0 Å². The molecular formula is C27H26O5S. The van der Waals surface area contributed by atoms with Crippen LogP contribution in [0, 0.1) is 0 Å². The van der Waals surface area contributed by atoms with Crippen molar-refractivity contribution >= 4 is 33.3 Å². The first-order valence-corrected chi connectivity index (χ1v) is 11.9. The molecule has 1 heterocycles. The molecule has 4 aromatic carbocycles. The van der Waals surface area contributed by atoms with E-state index in [-0.39, 0.29) is 11.9 Å². The van der Waals surface area contributed by atoms with Crippen LogP contribution in [0.15, 0.2) is 82.6 Å². The third-order valence-electron chi connectivity index (χ3n) is 5.45. The van der Waals surface area contributed by atoms with E-state index in [1.807, 2.05) is 54.6 Å². The first kappa shape index (κ1) is 22.0. The quantitative estimate of drug-likeness (QED) is 0.176. The Morgan fingerprint density at radius 2 is 1.45 bits per heavy atom. The lowest BCUT2D eigenvalue weighted by molar-refractivity contribution is 0.0320. The summed E-state index contributed by atoms with van der Waals surface area (Å²) in [5, 5.41) is 14.4. The standard InChI is InChI=1S/C27H26O5S/c28-26-22-8-4-5-9-23(22)27(31-15-14-29-12-13-30-17-19-18-32-19)24-11-10-21(16-25(24)26)33-20-6-2-1-3-7-20/h1-11,16,19,28H,12-15,17-18H2. The fourth-order valence-electron chi connectivity index (χ4n) is 3.74. The van der Waals surface area contributed by atoms with Crippen molar-refractivity contribution in [2.24, 2.45) is 0 Å². The highest BCUT2D eigenvalue weighted by molar-refractivity contribution is 7.99. The summed E-state index contributed by atoms with van der Waals surface area (Å²) in [5.74, 6) is 1.04. The summed E-state index contributed by atoms with van der Waals surface area (Å²) in [6.07, 6.45) is 0.274. The largest absolute Gasteiger partial charge is 0.507 e. The zero-order valence-corrected chi connectivity index (χ0v) is 19.1. The van der Waals surface area contributed by atoms with Gasteiger partial charge in [-0.2, -0.15) is 0 Å². The Morgan fingerprint density at radius 1 is 0.758 bits per heavy atom. The number of aromatic hydroxyl groups is 1. The summed E-state index contributed by atoms with van der Waals surface area (Å²) in [6.45, 7) is 3.38. The predicted molar refractivity (Wildman–Crippen MR) is 131 cm³/mol. The Kier molecular flexibility index (Phi) is 6.98. The van der Waals surface area contributed by atoms with Crippen molar-refractivity contribution in [2.45, 2.75) is 15.9 Å². The van der Waals surface area contributed by atoms with Gasteiger partial charge in [-0.05, 0) is 30.3 Å². The number of rotatable bonds is 11. The molecule has 1 atom stereocenters. The van der Waals surface area contributed by atoms with Crippen LogP contribution in [0.5, 0.6) is 11.5 Å². The predicted octanol–water partition coefficient (Wildman–Crippen LogP) is 5.66. The van der Waals surface area contributed by atoms with Gasteiger partial charge in [-0.3, -0.25) is 0 Å². The smallest absolute Gasteiger partial charge is 0.135 e. The van der Waals surface area contributed by atoms with Crippen LogP contribution in [0.25, 0.3) is 21.5 Å². The van der Waals surface area contributed by atoms with E-state index in [0.717, 1.165) is 43.7 Å². The molecule has 0 aromatic heterocycles. The maximum Gasteiger partial charge on any atom is 0.135 e. The van der Waals surface area contributed by atoms with E-state index in [2.05, 4.69) is 18.2 Å². The van der Waals surface area contributed by atoms with Gasteiger partial charge in [-0.25, -0.2) is 0 Å². The Balaban J connectivity index is 1.32. The number of fused-ring (bicyclic) bond motifs is 2. The fourth-order valence-corrected chi connectivity index (χ4v) is 4.62. The Labute approximate surface area is 197 Å². The number of phenolic OH excluding ortho intramolecular Hbond substituents is 1. The number of benzene rings is 4. The molecule has 0 amide bonds. The van der Waals surface area contributed by atoms with Crippen LogP contribution in [-0.4, -0.2) is 50.9 Å². The van der Waals surface area contributed by atoms with E-state index >= 15 is 0 Å². The molecule has 0 aliphatic carbocycles. The van der Waals surface area contributed by atoms with Crippen LogP contribution in [0.4, 0.5) is 0 Å². The molecule has 1 fully saturated rings. The van der Waals surface area contributed by atoms with E-state index in [9.17, 15) is 5.11 Å². The van der Waals surface area contributed by atoms with Gasteiger partial charge in [-0.1, -0.05) is 54.2 Å². The molecule has 33 heavy (non-hydrogen) atoms. The molecule has 0 radical (unpaired) electrons. The molecule has 5 rings (SSSR count). The van der Waals surface area contributed by atoms with Gasteiger partial charge < -0.3 is 24.1 Å². The Bertz CT molecular complexity index is 1220. The molecule has 0 bridgehead atoms. The molecule has 0 spiro atoms. The van der Waals surface area contributed by atoms with Crippen LogP contribution in [0.2, 0.25) is 0 Å². The second-order valence-electron chi connectivity index (χ2n) is 7.84. The van der Waals surface area contributed by atoms with Crippen molar-refractivity contribution in [3.63, 3.8) is 0 Å². The average molecular weight is 463 g/mol. The zero-order chi connectivity index (χ0) is 22.5. The Hall–Kier alpha value is -2.77. The molecule has 0 saturated carbocycles. The van der Waals surface area contributed by atoms with E-state index in [1.54, 1.807) is 11.8 Å². The van der Waals surface area contributed by atoms with Crippen LogP contribution in [0.1, 0.15) is 0 Å². The van der Waals surface area contributed by atoms with Crippen LogP contribution >= 0.6 is 11.8 Å². The van der Waals surface area contributed by atoms with E-state index < -0.39 is 0 Å². The van der Waals surface area contributed by atoms with Gasteiger partial charge in [0.25, 0.3) is 0 Å². The Morgan fingerprint density at radius 3 is 2.27 bits per heavy atom. The van der Waals surface area contributed by atoms with Gasteiger partial charge in [0, 0.05) is 31.3 Å². The highest BCUT2D eigenvalue weighted by atomic mass is 32.2. The number of epoxide rings is 1. The van der Waals surface area contributed by atoms with E-state index in [1.165, 1.54) is 0 Å². The SMILES string of the molecule is Oc1c2ccccc2c(OCCOCCOCC2CO2)c2ccc(Sc3ccccc3)cc12. The van der Waals surface area contributed by atoms with Crippen molar-refractivity contribution < 1.29 is 24.1 Å². The highest BCUT2D eigenvalue weighted by Gasteiger charge is 2.22. The maximum absolute atomic E-state index is 11.0. The van der Waals surface area contributed by atoms with Gasteiger partial charge in [0.05, 0.1) is 33.0 Å². The third kappa shape index (κ3) is 5.42. The minimum Gasteiger partial charge on any atom is -0.507 e. The van der Waals surface area contributed by atoms with Crippen LogP contribution in [-0.2, 0) is 14.2 Å². The van der Waals surface area contributed by atoms with Crippen molar-refractivity contribution in [1.82, 2.24) is 0 Å². The lowest BCUT2D eigenvalue weighted by Gasteiger charge is -2.16. The van der Waals surface area contributed by atoms with Crippen molar-refractivity contribution in [2.75, 3.05) is 39.6 Å². The molecule has 170 valence electrons. The van der Waals surface area contributed by atoms with Gasteiger partial charge in [0.1, 0.15) is 24.2 Å². The molecule has 1 N–H and O–H groups in total. The average Bonchev–Trinajstić information content (AvgIpc) is 3.68. The highest BCUT2D eigenvalue weighted by Crippen LogP contribution is 2.43. The second kappa shape index (κ2) is 10.4. The molecule has 1 aliphatic rings. The number of hydrogen-bond donors (Lipinski definition) is 1. The summed E-state index contributed by atoms with van der Waals surface area (Å²) in [6, 6.07) is 24.1. The molecule has 1 aliphatic heterocycles. The fraction of sp³-hybridized carbons (Fsp3) is 0.259. The van der Waals surface area contributed by atoms with Crippen molar-refractivity contribution in [1.29, 1.82) is 0 Å². The summed E-state index contributed by atoms with van der Waals surface area (Å²) in [5.41, 5.74) is 0. The number of phenols is 1. The molecular weight excluding hydrogens is 436 g/mol. The first-order valence-electron chi connectivity index (χ1n) is 11.1. The molecule has 1 unspecified atom stereocenters. The zero-order valence-electron chi connectivity index (χ0n) is 18.2. The van der Waals surface area contributed by atoms with Crippen LogP contribution < -0.4 is 4.74 Å². The van der Waals surface area contributed by atoms with Crippen molar-refractivity contribution in [3.8, 4) is 11.5 Å². The monoisotopic (exact) mass is 462 g/mol. The first-order chi connectivity index (χ1) is 16.3. The topological polar surface area (TPSA) is 60.5 Å². The minimum atomic E-state index is 0.274. The normalized spacial score (nSPS) is 15.2. The molecule has 1 saturated heterocycles. The van der Waals surface area contributed by atoms with E-state index in [0.29, 0.717) is 33.0 Å². The third-order valence-corrected chi connectivity index (χ3v) is 6.45. The second-order valence-corrected chi connectivity index (χ2v) is 8.98. The lowest BCUT2D eigenvalue weighted by atomic mass is 10.0. The minimum absolute atomic E-state index is 0.274. The molecule has 5 nitrogen and oxygen atoms in total. The summed E-state index contributed by atoms with van der Waals surface area (Å²) < 4.78 is 22.4. The summed E-state index contributed by atoms with van der Waals surface area (Å²) in [7, 11) is 0. The van der Waals surface area contributed by atoms with Gasteiger partial charge in [0.15, 0.2) is 0 Å². The van der Waals surface area contributed by atoms with Crippen molar-refractivity contribution in [3.05, 3.63) is 72.8 Å². The maximum atomic E-state index is 11.0. The summed E-state index contributed by atoms with van der Waals surface area (Å²) in [4.78, 5) is 2.21. The van der Waals surface area contributed by atoms with Gasteiger partial charge >= 0.3 is 0 Å². The molecule has 4 aromatic rings. The lowest BCUT2D eigenvalue weighted by Crippen LogP contribution is -2.12. The number of ether oxygens (including phenoxy) is 4. The van der Waals surface area contributed by atoms with E-state index in [4.69, 9.17) is 18.9 Å². The summed E-state index contributed by atoms with van der Waals surface area (Å²) >= 11 is 1.67. The molecule has 6 heteroatoms.